The Morgan fingerprint density at radius 2 is 1.84 bits per heavy atom. The summed E-state index contributed by atoms with van der Waals surface area (Å²) in [5, 5.41) is 3.64. The highest BCUT2D eigenvalue weighted by Crippen LogP contribution is 2.32. The number of ether oxygens (including phenoxy) is 1. The number of likely N-dealkylation sites (N-methyl/N-ethyl adjacent to an activating group) is 1. The van der Waals surface area contributed by atoms with E-state index in [0.717, 1.165) is 25.0 Å². The molecule has 2 aliphatic carbocycles. The van der Waals surface area contributed by atoms with Gasteiger partial charge in [0.15, 0.2) is 0 Å². The molecular weight excluding hydrogens is 234 g/mol. The van der Waals surface area contributed by atoms with Crippen LogP contribution in [0.2, 0.25) is 0 Å². The lowest BCUT2D eigenvalue weighted by Crippen LogP contribution is -2.45. The minimum absolute atomic E-state index is 0.477. The highest BCUT2D eigenvalue weighted by Gasteiger charge is 2.30. The lowest BCUT2D eigenvalue weighted by molar-refractivity contribution is -0.0190. The highest BCUT2D eigenvalue weighted by atomic mass is 16.5. The van der Waals surface area contributed by atoms with Gasteiger partial charge < -0.3 is 10.1 Å². The molecule has 0 bridgehead atoms. The summed E-state index contributed by atoms with van der Waals surface area (Å²) in [5.41, 5.74) is 0. The second-order valence-electron chi connectivity index (χ2n) is 6.63. The summed E-state index contributed by atoms with van der Waals surface area (Å²) >= 11 is 0. The molecule has 1 N–H and O–H groups in total. The van der Waals surface area contributed by atoms with E-state index in [9.17, 15) is 0 Å². The molecular formula is C17H33NO. The van der Waals surface area contributed by atoms with Gasteiger partial charge in [0.1, 0.15) is 0 Å². The Labute approximate surface area is 119 Å². The molecule has 2 fully saturated rings. The summed E-state index contributed by atoms with van der Waals surface area (Å²) in [6, 6.07) is 0.611. The largest absolute Gasteiger partial charge is 0.377 e. The van der Waals surface area contributed by atoms with E-state index in [1.165, 1.54) is 57.8 Å². The van der Waals surface area contributed by atoms with Crippen LogP contribution in [0.25, 0.3) is 0 Å². The quantitative estimate of drug-likeness (QED) is 0.713. The third kappa shape index (κ3) is 4.75. The van der Waals surface area contributed by atoms with E-state index in [1.807, 2.05) is 0 Å². The second kappa shape index (κ2) is 8.26. The van der Waals surface area contributed by atoms with Gasteiger partial charge >= 0.3 is 0 Å². The van der Waals surface area contributed by atoms with Gasteiger partial charge in [-0.2, -0.15) is 0 Å². The molecule has 2 nitrogen and oxygen atoms in total. The van der Waals surface area contributed by atoms with Gasteiger partial charge in [-0.1, -0.05) is 46.0 Å². The Kier molecular flexibility index (Phi) is 6.66. The van der Waals surface area contributed by atoms with Gasteiger partial charge in [0.05, 0.1) is 6.10 Å². The van der Waals surface area contributed by atoms with Crippen LogP contribution in [-0.4, -0.2) is 25.3 Å². The molecule has 0 aromatic heterocycles. The lowest BCUT2D eigenvalue weighted by Gasteiger charge is -2.37. The van der Waals surface area contributed by atoms with Gasteiger partial charge in [-0.3, -0.25) is 0 Å². The molecule has 2 aliphatic rings. The van der Waals surface area contributed by atoms with Crippen molar-refractivity contribution in [3.05, 3.63) is 0 Å². The summed E-state index contributed by atoms with van der Waals surface area (Å²) in [5.74, 6) is 1.89. The fraction of sp³-hybridized carbons (Fsp3) is 1.00. The maximum absolute atomic E-state index is 6.27. The number of nitrogens with one attached hydrogen (secondary N) is 1. The van der Waals surface area contributed by atoms with E-state index >= 15 is 0 Å². The molecule has 3 unspecified atom stereocenters. The first-order valence-corrected chi connectivity index (χ1v) is 8.68. The Bertz CT molecular complexity index is 239. The molecule has 0 aromatic rings. The fourth-order valence-corrected chi connectivity index (χ4v) is 3.73. The first-order chi connectivity index (χ1) is 9.33. The molecule has 112 valence electrons. The molecule has 0 heterocycles. The monoisotopic (exact) mass is 267 g/mol. The molecule has 2 rings (SSSR count). The van der Waals surface area contributed by atoms with Crippen molar-refractivity contribution in [1.82, 2.24) is 5.32 Å². The SMILES string of the molecule is CCCC1CCC(NCC)C(OCCC2CCC2)C1. The molecule has 2 heteroatoms. The van der Waals surface area contributed by atoms with E-state index in [4.69, 9.17) is 4.74 Å². The molecule has 0 aromatic carbocycles. The highest BCUT2D eigenvalue weighted by molar-refractivity contribution is 4.85. The van der Waals surface area contributed by atoms with Crippen LogP contribution in [-0.2, 0) is 4.74 Å². The van der Waals surface area contributed by atoms with Crippen LogP contribution in [0.5, 0.6) is 0 Å². The van der Waals surface area contributed by atoms with E-state index in [1.54, 1.807) is 0 Å². The summed E-state index contributed by atoms with van der Waals surface area (Å²) in [4.78, 5) is 0. The summed E-state index contributed by atoms with van der Waals surface area (Å²) in [7, 11) is 0. The maximum atomic E-state index is 6.27. The Balaban J connectivity index is 1.73. The second-order valence-corrected chi connectivity index (χ2v) is 6.63. The minimum Gasteiger partial charge on any atom is -0.377 e. The van der Waals surface area contributed by atoms with Crippen molar-refractivity contribution in [3.8, 4) is 0 Å². The van der Waals surface area contributed by atoms with Crippen molar-refractivity contribution in [1.29, 1.82) is 0 Å². The van der Waals surface area contributed by atoms with Gasteiger partial charge in [0.25, 0.3) is 0 Å². The van der Waals surface area contributed by atoms with Gasteiger partial charge in [-0.15, -0.1) is 0 Å². The molecule has 19 heavy (non-hydrogen) atoms. The van der Waals surface area contributed by atoms with E-state index in [-0.39, 0.29) is 0 Å². The van der Waals surface area contributed by atoms with Crippen molar-refractivity contribution in [2.24, 2.45) is 11.8 Å². The zero-order valence-corrected chi connectivity index (χ0v) is 13.0. The van der Waals surface area contributed by atoms with Gasteiger partial charge in [0, 0.05) is 12.6 Å². The third-order valence-electron chi connectivity index (χ3n) is 5.15. The Morgan fingerprint density at radius 1 is 1.00 bits per heavy atom. The van der Waals surface area contributed by atoms with E-state index in [0.29, 0.717) is 12.1 Å². The molecule has 0 saturated heterocycles. The smallest absolute Gasteiger partial charge is 0.0730 e. The van der Waals surface area contributed by atoms with Crippen LogP contribution in [0.15, 0.2) is 0 Å². The van der Waals surface area contributed by atoms with Crippen molar-refractivity contribution in [3.63, 3.8) is 0 Å². The number of hydrogen-bond donors (Lipinski definition) is 1. The van der Waals surface area contributed by atoms with Gasteiger partial charge in [-0.05, 0) is 44.1 Å². The van der Waals surface area contributed by atoms with Gasteiger partial charge in [-0.25, -0.2) is 0 Å². The minimum atomic E-state index is 0.477. The van der Waals surface area contributed by atoms with E-state index in [2.05, 4.69) is 19.2 Å². The van der Waals surface area contributed by atoms with Crippen LogP contribution < -0.4 is 5.32 Å². The first kappa shape index (κ1) is 15.3. The first-order valence-electron chi connectivity index (χ1n) is 8.68. The van der Waals surface area contributed by atoms with Gasteiger partial charge in [0.2, 0.25) is 0 Å². The predicted molar refractivity (Wildman–Crippen MR) is 81.4 cm³/mol. The Hall–Kier alpha value is -0.0800. The average molecular weight is 267 g/mol. The van der Waals surface area contributed by atoms with Crippen molar-refractivity contribution < 1.29 is 4.74 Å². The van der Waals surface area contributed by atoms with Crippen LogP contribution in [0.4, 0.5) is 0 Å². The average Bonchev–Trinajstić information content (AvgIpc) is 2.36. The molecule has 0 radical (unpaired) electrons. The Morgan fingerprint density at radius 3 is 2.47 bits per heavy atom. The predicted octanol–water partition coefficient (Wildman–Crippen LogP) is 4.14. The number of rotatable bonds is 8. The zero-order valence-electron chi connectivity index (χ0n) is 13.0. The number of hydrogen-bond acceptors (Lipinski definition) is 2. The van der Waals surface area contributed by atoms with Crippen molar-refractivity contribution in [2.45, 2.75) is 83.8 Å². The standard InChI is InChI=1S/C17H33NO/c1-3-6-15-9-10-16(18-4-2)17(13-15)19-12-11-14-7-5-8-14/h14-18H,3-13H2,1-2H3. The molecule has 3 atom stereocenters. The molecule has 0 aliphatic heterocycles. The van der Waals surface area contributed by atoms with Crippen LogP contribution in [0.1, 0.15) is 71.6 Å². The van der Waals surface area contributed by atoms with Crippen LogP contribution in [0, 0.1) is 11.8 Å². The van der Waals surface area contributed by atoms with Crippen LogP contribution in [0.3, 0.4) is 0 Å². The summed E-state index contributed by atoms with van der Waals surface area (Å²) in [6.07, 6.45) is 12.8. The zero-order chi connectivity index (χ0) is 13.5. The lowest BCUT2D eigenvalue weighted by atomic mass is 9.81. The topological polar surface area (TPSA) is 21.3 Å². The molecule has 0 spiro atoms. The van der Waals surface area contributed by atoms with Crippen molar-refractivity contribution in [2.75, 3.05) is 13.2 Å². The molecule has 2 saturated carbocycles. The van der Waals surface area contributed by atoms with Crippen LogP contribution >= 0.6 is 0 Å². The maximum Gasteiger partial charge on any atom is 0.0730 e. The fourth-order valence-electron chi connectivity index (χ4n) is 3.73. The normalized spacial score (nSPS) is 32.2. The van der Waals surface area contributed by atoms with E-state index < -0.39 is 0 Å². The third-order valence-corrected chi connectivity index (χ3v) is 5.15. The molecule has 0 amide bonds. The van der Waals surface area contributed by atoms with Crippen molar-refractivity contribution >= 4 is 0 Å². The summed E-state index contributed by atoms with van der Waals surface area (Å²) < 4.78 is 6.27. The summed E-state index contributed by atoms with van der Waals surface area (Å²) in [6.45, 7) is 6.59.